The van der Waals surface area contributed by atoms with Crippen LogP contribution in [0.3, 0.4) is 0 Å². The molecular weight excluding hydrogens is 427 g/mol. The molecule has 2 heterocycles. The summed E-state index contributed by atoms with van der Waals surface area (Å²) < 4.78 is 24.6. The minimum Gasteiger partial charge on any atom is -0.493 e. The lowest BCUT2D eigenvalue weighted by atomic mass is 10.0. The third-order valence-corrected chi connectivity index (χ3v) is 6.20. The summed E-state index contributed by atoms with van der Waals surface area (Å²) in [7, 11) is 4.94. The Morgan fingerprint density at radius 1 is 1.06 bits per heavy atom. The molecule has 0 saturated heterocycles. The number of hydrogen-bond acceptors (Lipinski definition) is 5. The third kappa shape index (κ3) is 4.43. The van der Waals surface area contributed by atoms with E-state index in [1.807, 2.05) is 35.7 Å². The van der Waals surface area contributed by atoms with Gasteiger partial charge in [0.1, 0.15) is 5.82 Å². The first-order valence-corrected chi connectivity index (χ1v) is 11.0. The van der Waals surface area contributed by atoms with Crippen LogP contribution in [0.25, 0.3) is 21.5 Å². The average molecular weight is 451 g/mol. The normalized spacial score (nSPS) is 10.9. The molecule has 0 radical (unpaired) electrons. The van der Waals surface area contributed by atoms with Crippen molar-refractivity contribution in [2.75, 3.05) is 27.8 Å². The van der Waals surface area contributed by atoms with E-state index < -0.39 is 5.82 Å². The number of carbonyl (C=O) groups is 1. The van der Waals surface area contributed by atoms with Crippen LogP contribution in [-0.2, 0) is 6.42 Å². The smallest absolute Gasteiger partial charge is 0.254 e. The van der Waals surface area contributed by atoms with Crippen LogP contribution in [0.5, 0.6) is 11.5 Å². The van der Waals surface area contributed by atoms with Crippen LogP contribution in [-0.4, -0.2) is 43.6 Å². The van der Waals surface area contributed by atoms with Gasteiger partial charge in [-0.3, -0.25) is 4.79 Å². The molecule has 0 aliphatic heterocycles. The fraction of sp³-hybridized carbons (Fsp3) is 0.200. The second kappa shape index (κ2) is 9.36. The summed E-state index contributed by atoms with van der Waals surface area (Å²) in [6.45, 7) is 0.488. The Kier molecular flexibility index (Phi) is 6.37. The number of carbonyl (C=O) groups excluding carboxylic acids is 1. The number of hydrogen-bond donors (Lipinski definition) is 0. The topological polar surface area (TPSA) is 51.7 Å². The Morgan fingerprint density at radius 3 is 2.59 bits per heavy atom. The number of nitrogens with zero attached hydrogens (tertiary/aromatic N) is 2. The zero-order valence-electron chi connectivity index (χ0n) is 18.1. The molecule has 7 heteroatoms. The van der Waals surface area contributed by atoms with Gasteiger partial charge in [0.15, 0.2) is 11.5 Å². The van der Waals surface area contributed by atoms with Gasteiger partial charge in [-0.25, -0.2) is 9.37 Å². The maximum atomic E-state index is 14.0. The van der Waals surface area contributed by atoms with Gasteiger partial charge >= 0.3 is 0 Å². The lowest BCUT2D eigenvalue weighted by Gasteiger charge is -2.19. The first-order chi connectivity index (χ1) is 15.5. The molecular formula is C25H23FN2O3S. The monoisotopic (exact) mass is 450 g/mol. The second-order valence-electron chi connectivity index (χ2n) is 7.36. The van der Waals surface area contributed by atoms with Crippen molar-refractivity contribution in [3.63, 3.8) is 0 Å². The lowest BCUT2D eigenvalue weighted by Crippen LogP contribution is -2.29. The zero-order valence-corrected chi connectivity index (χ0v) is 18.9. The van der Waals surface area contributed by atoms with Crippen molar-refractivity contribution in [1.29, 1.82) is 0 Å². The molecule has 1 amide bonds. The van der Waals surface area contributed by atoms with Gasteiger partial charge in [0, 0.05) is 19.0 Å². The fourth-order valence-corrected chi connectivity index (χ4v) is 4.25. The van der Waals surface area contributed by atoms with E-state index >= 15 is 0 Å². The predicted molar refractivity (Wildman–Crippen MR) is 125 cm³/mol. The van der Waals surface area contributed by atoms with Crippen molar-refractivity contribution >= 4 is 28.1 Å². The van der Waals surface area contributed by atoms with Crippen molar-refractivity contribution in [3.05, 3.63) is 76.9 Å². The molecule has 5 nitrogen and oxygen atoms in total. The molecule has 0 atom stereocenters. The van der Waals surface area contributed by atoms with Crippen LogP contribution < -0.4 is 9.47 Å². The standard InChI is InChI=1S/C25H23FN2O3S/c1-28(11-10-16-6-9-22(30-2)23(13-16)31-3)25(29)19-15-21(24-5-4-12-32-24)27-20-8-7-17(26)14-18(19)20/h4-9,12-15H,10-11H2,1-3H3. The summed E-state index contributed by atoms with van der Waals surface area (Å²) in [5.41, 5.74) is 2.75. The number of fused-ring (bicyclic) bond motifs is 1. The second-order valence-corrected chi connectivity index (χ2v) is 8.31. The highest BCUT2D eigenvalue weighted by molar-refractivity contribution is 7.13. The van der Waals surface area contributed by atoms with Crippen LogP contribution >= 0.6 is 11.3 Å². The Morgan fingerprint density at radius 2 is 1.88 bits per heavy atom. The van der Waals surface area contributed by atoms with Crippen LogP contribution in [0.1, 0.15) is 15.9 Å². The Hall–Kier alpha value is -3.45. The van der Waals surface area contributed by atoms with E-state index in [4.69, 9.17) is 9.47 Å². The predicted octanol–water partition coefficient (Wildman–Crippen LogP) is 5.43. The van der Waals surface area contributed by atoms with Gasteiger partial charge in [-0.2, -0.15) is 0 Å². The zero-order chi connectivity index (χ0) is 22.7. The lowest BCUT2D eigenvalue weighted by molar-refractivity contribution is 0.0798. The average Bonchev–Trinajstić information content (AvgIpc) is 3.36. The van der Waals surface area contributed by atoms with E-state index in [1.54, 1.807) is 49.6 Å². The molecule has 2 aromatic carbocycles. The molecule has 4 rings (SSSR count). The molecule has 0 bridgehead atoms. The van der Waals surface area contributed by atoms with E-state index in [0.29, 0.717) is 46.6 Å². The number of methoxy groups -OCH3 is 2. The SMILES string of the molecule is COc1ccc(CCN(C)C(=O)c2cc(-c3cccs3)nc3ccc(F)cc23)cc1OC. The molecule has 0 unspecified atom stereocenters. The Bertz CT molecular complexity index is 1260. The van der Waals surface area contributed by atoms with E-state index in [1.165, 1.54) is 12.1 Å². The molecule has 4 aromatic rings. The summed E-state index contributed by atoms with van der Waals surface area (Å²) in [6, 6.07) is 15.7. The number of likely N-dealkylation sites (N-methyl/N-ethyl adjacent to an activating group) is 1. The summed E-state index contributed by atoms with van der Waals surface area (Å²) in [4.78, 5) is 20.6. The summed E-state index contributed by atoms with van der Waals surface area (Å²) in [5, 5.41) is 2.47. The maximum absolute atomic E-state index is 14.0. The van der Waals surface area contributed by atoms with Crippen molar-refractivity contribution in [3.8, 4) is 22.1 Å². The minimum absolute atomic E-state index is 0.179. The molecule has 0 N–H and O–H groups in total. The van der Waals surface area contributed by atoms with Gasteiger partial charge in [-0.05, 0) is 59.8 Å². The summed E-state index contributed by atoms with van der Waals surface area (Å²) >= 11 is 1.55. The number of benzene rings is 2. The Labute approximate surface area is 190 Å². The molecule has 164 valence electrons. The quantitative estimate of drug-likeness (QED) is 0.377. The maximum Gasteiger partial charge on any atom is 0.254 e. The first-order valence-electron chi connectivity index (χ1n) is 10.1. The van der Waals surface area contributed by atoms with Gasteiger partial charge in [-0.1, -0.05) is 12.1 Å². The highest BCUT2D eigenvalue weighted by Gasteiger charge is 2.19. The fourth-order valence-electron chi connectivity index (χ4n) is 3.57. The van der Waals surface area contributed by atoms with E-state index in [-0.39, 0.29) is 5.91 Å². The van der Waals surface area contributed by atoms with Gasteiger partial charge in [0.2, 0.25) is 0 Å². The van der Waals surface area contributed by atoms with Crippen LogP contribution in [0.4, 0.5) is 4.39 Å². The van der Waals surface area contributed by atoms with Crippen LogP contribution in [0, 0.1) is 5.82 Å². The van der Waals surface area contributed by atoms with Crippen molar-refractivity contribution in [2.24, 2.45) is 0 Å². The molecule has 0 aliphatic rings. The van der Waals surface area contributed by atoms with Crippen molar-refractivity contribution in [2.45, 2.75) is 6.42 Å². The molecule has 32 heavy (non-hydrogen) atoms. The summed E-state index contributed by atoms with van der Waals surface area (Å²) in [6.07, 6.45) is 0.637. The minimum atomic E-state index is -0.398. The van der Waals surface area contributed by atoms with E-state index in [9.17, 15) is 9.18 Å². The molecule has 0 spiro atoms. The number of aromatic nitrogens is 1. The van der Waals surface area contributed by atoms with E-state index in [2.05, 4.69) is 4.98 Å². The van der Waals surface area contributed by atoms with Crippen molar-refractivity contribution < 1.29 is 18.7 Å². The number of amides is 1. The van der Waals surface area contributed by atoms with Crippen molar-refractivity contribution in [1.82, 2.24) is 9.88 Å². The number of halogens is 1. The summed E-state index contributed by atoms with van der Waals surface area (Å²) in [5.74, 6) is 0.730. The number of pyridine rings is 1. The van der Waals surface area contributed by atoms with Gasteiger partial charge in [-0.15, -0.1) is 11.3 Å². The van der Waals surface area contributed by atoms with Gasteiger partial charge in [0.05, 0.1) is 35.9 Å². The molecule has 2 aromatic heterocycles. The molecule has 0 aliphatic carbocycles. The number of rotatable bonds is 7. The third-order valence-electron chi connectivity index (χ3n) is 5.31. The van der Waals surface area contributed by atoms with E-state index in [0.717, 1.165) is 10.4 Å². The van der Waals surface area contributed by atoms with Crippen LogP contribution in [0.15, 0.2) is 60.0 Å². The highest BCUT2D eigenvalue weighted by atomic mass is 32.1. The molecule has 0 fully saturated rings. The van der Waals surface area contributed by atoms with Gasteiger partial charge in [0.25, 0.3) is 5.91 Å². The largest absolute Gasteiger partial charge is 0.493 e. The highest BCUT2D eigenvalue weighted by Crippen LogP contribution is 2.30. The van der Waals surface area contributed by atoms with Crippen LogP contribution in [0.2, 0.25) is 0 Å². The van der Waals surface area contributed by atoms with Gasteiger partial charge < -0.3 is 14.4 Å². The molecule has 0 saturated carbocycles. The number of ether oxygens (including phenoxy) is 2. The number of thiophene rings is 1. The Balaban J connectivity index is 1.62. The first kappa shape index (κ1) is 21.8.